The molecule has 1 aliphatic rings. The largest absolute Gasteiger partial charge is 0.483 e. The summed E-state index contributed by atoms with van der Waals surface area (Å²) in [5, 5.41) is -4.49. The van der Waals surface area contributed by atoms with E-state index in [-0.39, 0.29) is 5.75 Å². The van der Waals surface area contributed by atoms with Gasteiger partial charge < -0.3 is 14.2 Å². The molecule has 4 rings (SSSR count). The van der Waals surface area contributed by atoms with Crippen molar-refractivity contribution in [2.24, 2.45) is 0 Å². The lowest BCUT2D eigenvalue weighted by atomic mass is 10.0. The van der Waals surface area contributed by atoms with Crippen LogP contribution in [-0.2, 0) is 36.3 Å². The number of alkyl halides is 4. The molecule has 4 atom stereocenters. The van der Waals surface area contributed by atoms with Crippen LogP contribution in [0.4, 0.5) is 17.6 Å². The zero-order chi connectivity index (χ0) is 28.6. The van der Waals surface area contributed by atoms with Gasteiger partial charge in [-0.05, 0) is 81.4 Å². The normalized spacial score (nSPS) is 23.1. The lowest BCUT2D eigenvalue weighted by Gasteiger charge is -2.41. The highest BCUT2D eigenvalue weighted by Crippen LogP contribution is 2.40. The highest BCUT2D eigenvalue weighted by Gasteiger charge is 2.51. The van der Waals surface area contributed by atoms with Crippen molar-refractivity contribution in [2.45, 2.75) is 64.6 Å². The Morgan fingerprint density at radius 3 is 2.00 bits per heavy atom. The van der Waals surface area contributed by atoms with E-state index in [1.54, 1.807) is 31.2 Å². The summed E-state index contributed by atoms with van der Waals surface area (Å²) in [6.07, 6.45) is -3.46. The van der Waals surface area contributed by atoms with Crippen molar-refractivity contribution in [3.8, 4) is 5.75 Å². The summed E-state index contributed by atoms with van der Waals surface area (Å²) < 4.78 is 102. The Labute approximate surface area is 227 Å². The second-order valence-electron chi connectivity index (χ2n) is 9.17. The van der Waals surface area contributed by atoms with E-state index in [0.29, 0.717) is 5.56 Å². The van der Waals surface area contributed by atoms with Crippen molar-refractivity contribution in [1.29, 1.82) is 0 Å². The molecule has 1 N–H and O–H groups in total. The average Bonchev–Trinajstić information content (AvgIpc) is 2.88. The molecule has 12 heteroatoms. The van der Waals surface area contributed by atoms with Crippen LogP contribution in [0.1, 0.15) is 26.3 Å². The fraction of sp³-hybridized carbons (Fsp3) is 0.333. The van der Waals surface area contributed by atoms with Crippen LogP contribution in [-0.4, -0.2) is 43.0 Å². The van der Waals surface area contributed by atoms with Crippen molar-refractivity contribution in [2.75, 3.05) is 6.61 Å². The highest BCUT2D eigenvalue weighted by atomic mass is 32.2. The van der Waals surface area contributed by atoms with Gasteiger partial charge in [0.05, 0.1) is 10.9 Å². The second-order valence-corrected chi connectivity index (χ2v) is 12.7. The fourth-order valence-electron chi connectivity index (χ4n) is 3.96. The topological polar surface area (TPSA) is 82.1 Å². The Kier molecular flexibility index (Phi) is 8.08. The predicted molar refractivity (Wildman–Crippen MR) is 137 cm³/mol. The van der Waals surface area contributed by atoms with Crippen molar-refractivity contribution >= 4 is 21.0 Å². The molecular formula is C27H27F4O6S2+. The summed E-state index contributed by atoms with van der Waals surface area (Å²) in [5.41, 5.74) is 0.572. The molecule has 0 radical (unpaired) electrons. The summed E-state index contributed by atoms with van der Waals surface area (Å²) in [4.78, 5) is 2.64. The quantitative estimate of drug-likeness (QED) is 0.190. The Balaban J connectivity index is 1.61. The smallest absolute Gasteiger partial charge is 0.405 e. The van der Waals surface area contributed by atoms with Crippen molar-refractivity contribution in [1.82, 2.24) is 0 Å². The molecule has 0 bridgehead atoms. The van der Waals surface area contributed by atoms with Crippen LogP contribution >= 0.6 is 0 Å². The SMILES string of the molecule is CC1OC(C)(c2ccc([S+](c3ccccc3)c3ccc(OC(C)C(F)(F)S(=O)(=O)O)cc3)cc2)OCC1(F)F. The van der Waals surface area contributed by atoms with Crippen LogP contribution in [0.25, 0.3) is 0 Å². The molecule has 210 valence electrons. The first-order valence-corrected chi connectivity index (χ1v) is 14.5. The van der Waals surface area contributed by atoms with E-state index < -0.39 is 56.8 Å². The Morgan fingerprint density at radius 1 is 0.974 bits per heavy atom. The zero-order valence-electron chi connectivity index (χ0n) is 21.2. The van der Waals surface area contributed by atoms with E-state index in [1.807, 2.05) is 42.5 Å². The molecule has 1 heterocycles. The number of ether oxygens (including phenoxy) is 3. The molecule has 1 saturated heterocycles. The number of hydrogen-bond acceptors (Lipinski definition) is 5. The molecule has 1 aliphatic heterocycles. The zero-order valence-corrected chi connectivity index (χ0v) is 22.8. The van der Waals surface area contributed by atoms with Crippen molar-refractivity contribution < 1.29 is 44.7 Å². The Bertz CT molecular complexity index is 1390. The first kappa shape index (κ1) is 29.3. The minimum absolute atomic E-state index is 0.00743. The lowest BCUT2D eigenvalue weighted by molar-refractivity contribution is -0.356. The Hall–Kier alpha value is -2.64. The molecule has 0 saturated carbocycles. The maximum atomic E-state index is 13.9. The summed E-state index contributed by atoms with van der Waals surface area (Å²) in [6.45, 7) is 2.99. The van der Waals surface area contributed by atoms with Crippen LogP contribution in [0.5, 0.6) is 5.75 Å². The van der Waals surface area contributed by atoms with E-state index in [1.165, 1.54) is 19.1 Å². The van der Waals surface area contributed by atoms with Gasteiger partial charge in [0.2, 0.25) is 0 Å². The van der Waals surface area contributed by atoms with Gasteiger partial charge >= 0.3 is 15.4 Å². The van der Waals surface area contributed by atoms with Gasteiger partial charge in [-0.3, -0.25) is 4.55 Å². The predicted octanol–water partition coefficient (Wildman–Crippen LogP) is 6.27. The maximum Gasteiger partial charge on any atom is 0.405 e. The van der Waals surface area contributed by atoms with Gasteiger partial charge in [0.1, 0.15) is 18.5 Å². The van der Waals surface area contributed by atoms with Crippen molar-refractivity contribution in [3.05, 3.63) is 84.4 Å². The van der Waals surface area contributed by atoms with Crippen LogP contribution < -0.4 is 4.74 Å². The van der Waals surface area contributed by atoms with Crippen LogP contribution in [0.2, 0.25) is 0 Å². The third kappa shape index (κ3) is 6.09. The number of benzene rings is 3. The second kappa shape index (κ2) is 10.7. The molecule has 6 nitrogen and oxygen atoms in total. The molecule has 0 aromatic heterocycles. The summed E-state index contributed by atoms with van der Waals surface area (Å²) in [5.74, 6) is -4.44. The van der Waals surface area contributed by atoms with E-state index in [4.69, 9.17) is 18.8 Å². The molecule has 0 spiro atoms. The minimum atomic E-state index is -5.65. The molecule has 3 aromatic carbocycles. The van der Waals surface area contributed by atoms with Gasteiger partial charge in [-0.2, -0.15) is 17.2 Å². The molecule has 4 unspecified atom stereocenters. The van der Waals surface area contributed by atoms with Gasteiger partial charge in [0, 0.05) is 5.56 Å². The van der Waals surface area contributed by atoms with Gasteiger partial charge in [-0.1, -0.05) is 18.2 Å². The number of hydrogen-bond donors (Lipinski definition) is 1. The van der Waals surface area contributed by atoms with E-state index >= 15 is 0 Å². The minimum Gasteiger partial charge on any atom is -0.483 e. The van der Waals surface area contributed by atoms with E-state index in [2.05, 4.69) is 0 Å². The summed E-state index contributed by atoms with van der Waals surface area (Å²) >= 11 is 0. The van der Waals surface area contributed by atoms with Crippen LogP contribution in [0, 0.1) is 0 Å². The monoisotopic (exact) mass is 587 g/mol. The number of rotatable bonds is 8. The molecule has 0 aliphatic carbocycles. The first-order valence-electron chi connectivity index (χ1n) is 11.8. The van der Waals surface area contributed by atoms with E-state index in [9.17, 15) is 26.0 Å². The maximum absolute atomic E-state index is 13.9. The molecule has 3 aromatic rings. The standard InChI is InChI=1S/C27H26F4O6S2/c1-18-26(28,29)17-35-25(3,37-18)20-9-13-23(14-10-20)38(22-7-5-4-6-8-22)24-15-11-21(12-16-24)36-19(2)27(30,31)39(32,33)34/h4-16,18-19H,17H2,1-3H3/p+1. The third-order valence-electron chi connectivity index (χ3n) is 6.32. The summed E-state index contributed by atoms with van der Waals surface area (Å²) in [7, 11) is -6.31. The highest BCUT2D eigenvalue weighted by molar-refractivity contribution is 7.97. The third-order valence-corrected chi connectivity index (χ3v) is 9.57. The van der Waals surface area contributed by atoms with Gasteiger partial charge in [-0.15, -0.1) is 0 Å². The first-order chi connectivity index (χ1) is 18.1. The molecule has 0 amide bonds. The Morgan fingerprint density at radius 2 is 1.49 bits per heavy atom. The summed E-state index contributed by atoms with van der Waals surface area (Å²) in [6, 6.07) is 23.0. The average molecular weight is 588 g/mol. The van der Waals surface area contributed by atoms with Crippen LogP contribution in [0.3, 0.4) is 0 Å². The lowest BCUT2D eigenvalue weighted by Crippen LogP contribution is -2.51. The molecule has 39 heavy (non-hydrogen) atoms. The van der Waals surface area contributed by atoms with Gasteiger partial charge in [0.25, 0.3) is 5.92 Å². The fourth-order valence-corrected chi connectivity index (χ4v) is 6.49. The van der Waals surface area contributed by atoms with Gasteiger partial charge in [0.15, 0.2) is 26.6 Å². The molecule has 1 fully saturated rings. The number of halogens is 4. The van der Waals surface area contributed by atoms with E-state index in [0.717, 1.165) is 21.6 Å². The molecular weight excluding hydrogens is 560 g/mol. The van der Waals surface area contributed by atoms with Crippen molar-refractivity contribution in [3.63, 3.8) is 0 Å². The van der Waals surface area contributed by atoms with Crippen LogP contribution in [0.15, 0.2) is 93.5 Å². The van der Waals surface area contributed by atoms with Gasteiger partial charge in [-0.25, -0.2) is 8.78 Å².